The summed E-state index contributed by atoms with van der Waals surface area (Å²) in [4.78, 5) is 25.2. The van der Waals surface area contributed by atoms with Crippen molar-refractivity contribution in [1.82, 2.24) is 24.6 Å². The molecule has 12 heteroatoms. The van der Waals surface area contributed by atoms with Gasteiger partial charge in [0.15, 0.2) is 21.5 Å². The van der Waals surface area contributed by atoms with Crippen molar-refractivity contribution < 1.29 is 17.9 Å². The molecule has 5 aromatic rings. The number of pyridine rings is 2. The fraction of sp³-hybridized carbons (Fsp3) is 0.154. The molecule has 0 saturated carbocycles. The molecule has 0 spiro atoms. The van der Waals surface area contributed by atoms with E-state index >= 15 is 0 Å². The second-order valence-corrected chi connectivity index (χ2v) is 14.2. The predicted molar refractivity (Wildman–Crippen MR) is 144 cm³/mol. The van der Waals surface area contributed by atoms with Crippen LogP contribution >= 0.6 is 7.37 Å². The van der Waals surface area contributed by atoms with Gasteiger partial charge < -0.3 is 9.79 Å². The third kappa shape index (κ3) is 4.60. The molecule has 1 atom stereocenters. The standard InChI is InChI=1S/C26H23N6O4PS/c1-37(33,34)17-38(35,36)21-12-20(13-27-14-21)25-29-26(31-15-19-8-5-10-28-23(19)16-31)24-22(9-11-32(24)30-25)18-6-3-2-4-7-18/h2-14H,15-17H2,1H3,(H,33,34). The first-order chi connectivity index (χ1) is 18.2. The maximum absolute atomic E-state index is 12.8. The van der Waals surface area contributed by atoms with Gasteiger partial charge in [0.2, 0.25) is 7.37 Å². The molecule has 0 saturated heterocycles. The van der Waals surface area contributed by atoms with Gasteiger partial charge in [-0.1, -0.05) is 36.4 Å². The number of benzene rings is 1. The van der Waals surface area contributed by atoms with Crippen molar-refractivity contribution in [3.63, 3.8) is 0 Å². The lowest BCUT2D eigenvalue weighted by atomic mass is 10.1. The van der Waals surface area contributed by atoms with E-state index in [0.29, 0.717) is 24.5 Å². The Labute approximate surface area is 219 Å². The predicted octanol–water partition coefficient (Wildman–Crippen LogP) is 4.00. The normalized spacial score (nSPS) is 14.9. The lowest BCUT2D eigenvalue weighted by molar-refractivity contribution is 0.489. The molecule has 5 heterocycles. The number of nitrogens with zero attached hydrogens (tertiary/aromatic N) is 6. The van der Waals surface area contributed by atoms with Crippen LogP contribution in [0.1, 0.15) is 11.3 Å². The number of hydrogen-bond donors (Lipinski definition) is 1. The fourth-order valence-electron chi connectivity index (χ4n) is 4.65. The van der Waals surface area contributed by atoms with Crippen molar-refractivity contribution in [2.45, 2.75) is 18.0 Å². The van der Waals surface area contributed by atoms with Gasteiger partial charge in [-0.3, -0.25) is 14.5 Å². The van der Waals surface area contributed by atoms with Crippen molar-refractivity contribution >= 4 is 28.5 Å². The van der Waals surface area contributed by atoms with Crippen LogP contribution in [0.5, 0.6) is 0 Å². The summed E-state index contributed by atoms with van der Waals surface area (Å²) >= 11 is 0. The van der Waals surface area contributed by atoms with Crippen LogP contribution in [0.15, 0.2) is 84.3 Å². The van der Waals surface area contributed by atoms with Crippen LogP contribution in [0, 0.1) is 0 Å². The molecule has 192 valence electrons. The molecule has 4 aromatic heterocycles. The van der Waals surface area contributed by atoms with Gasteiger partial charge in [-0.25, -0.2) is 17.9 Å². The first kappa shape index (κ1) is 24.4. The van der Waals surface area contributed by atoms with Gasteiger partial charge in [0.25, 0.3) is 0 Å². The molecule has 38 heavy (non-hydrogen) atoms. The minimum atomic E-state index is -4.04. The van der Waals surface area contributed by atoms with Gasteiger partial charge in [0.05, 0.1) is 17.1 Å². The molecule has 1 aliphatic heterocycles. The Bertz CT molecular complexity index is 1810. The molecule has 10 nitrogen and oxygen atoms in total. The second kappa shape index (κ2) is 9.13. The van der Waals surface area contributed by atoms with Crippen molar-refractivity contribution in [1.29, 1.82) is 0 Å². The highest BCUT2D eigenvalue weighted by Gasteiger charge is 2.28. The zero-order chi connectivity index (χ0) is 26.5. The molecule has 1 N–H and O–H groups in total. The topological polar surface area (TPSA) is 131 Å². The second-order valence-electron chi connectivity index (χ2n) is 9.32. The summed E-state index contributed by atoms with van der Waals surface area (Å²) in [5.74, 6) is 0.957. The molecule has 1 aliphatic rings. The third-order valence-corrected chi connectivity index (χ3v) is 10.5. The van der Waals surface area contributed by atoms with E-state index in [-0.39, 0.29) is 10.7 Å². The number of anilines is 1. The lowest BCUT2D eigenvalue weighted by Gasteiger charge is -2.19. The Kier molecular flexibility index (Phi) is 5.86. The molecule has 0 bridgehead atoms. The van der Waals surface area contributed by atoms with E-state index in [1.807, 2.05) is 54.7 Å². The number of hydrogen-bond acceptors (Lipinski definition) is 8. The largest absolute Gasteiger partial charge is 0.344 e. The molecule has 1 aromatic carbocycles. The average molecular weight is 547 g/mol. The molecule has 0 fully saturated rings. The SMILES string of the molecule is CP(=O)(O)CS(=O)(=O)c1cncc(-c2nc(N3Cc4cccnc4C3)c3c(-c4ccccc4)ccn3n2)c1. The Morgan fingerprint density at radius 3 is 2.61 bits per heavy atom. The van der Waals surface area contributed by atoms with Crippen LogP contribution < -0.4 is 4.90 Å². The van der Waals surface area contributed by atoms with Crippen LogP contribution in [0.2, 0.25) is 0 Å². The highest BCUT2D eigenvalue weighted by atomic mass is 32.2. The quantitative estimate of drug-likeness (QED) is 0.314. The summed E-state index contributed by atoms with van der Waals surface area (Å²) < 4.78 is 39.1. The van der Waals surface area contributed by atoms with Gasteiger partial charge in [-0.05, 0) is 29.3 Å². The van der Waals surface area contributed by atoms with E-state index in [1.54, 1.807) is 10.7 Å². The molecule has 1 unspecified atom stereocenters. The van der Waals surface area contributed by atoms with Crippen molar-refractivity contribution in [2.75, 3.05) is 17.1 Å². The van der Waals surface area contributed by atoms with Gasteiger partial charge in [0.1, 0.15) is 11.0 Å². The molecule has 0 aliphatic carbocycles. The number of aromatic nitrogens is 5. The van der Waals surface area contributed by atoms with E-state index in [0.717, 1.165) is 34.6 Å². The summed E-state index contributed by atoms with van der Waals surface area (Å²) in [6, 6.07) is 17.3. The first-order valence-electron chi connectivity index (χ1n) is 11.8. The summed E-state index contributed by atoms with van der Waals surface area (Å²) in [5.41, 5.74) is 4.40. The van der Waals surface area contributed by atoms with Gasteiger partial charge in [-0.15, -0.1) is 5.10 Å². The molecule has 0 amide bonds. The Morgan fingerprint density at radius 1 is 1.03 bits per heavy atom. The van der Waals surface area contributed by atoms with E-state index in [9.17, 15) is 17.9 Å². The minimum absolute atomic E-state index is 0.161. The lowest BCUT2D eigenvalue weighted by Crippen LogP contribution is -2.18. The van der Waals surface area contributed by atoms with E-state index in [2.05, 4.69) is 14.9 Å². The zero-order valence-corrected chi connectivity index (χ0v) is 22.0. The van der Waals surface area contributed by atoms with Crippen LogP contribution in [0.3, 0.4) is 0 Å². The van der Waals surface area contributed by atoms with Gasteiger partial charge in [-0.2, -0.15) is 0 Å². The molecule has 0 radical (unpaired) electrons. The first-order valence-corrected chi connectivity index (χ1v) is 15.7. The highest BCUT2D eigenvalue weighted by molar-refractivity contribution is 7.98. The van der Waals surface area contributed by atoms with Crippen LogP contribution in [-0.4, -0.2) is 50.0 Å². The summed E-state index contributed by atoms with van der Waals surface area (Å²) in [6.45, 7) is 2.20. The monoisotopic (exact) mass is 546 g/mol. The molecular weight excluding hydrogens is 523 g/mol. The summed E-state index contributed by atoms with van der Waals surface area (Å²) in [6.07, 6.45) is 6.27. The van der Waals surface area contributed by atoms with E-state index in [1.165, 1.54) is 18.5 Å². The third-order valence-electron chi connectivity index (χ3n) is 6.30. The highest BCUT2D eigenvalue weighted by Crippen LogP contribution is 2.39. The maximum Gasteiger partial charge on any atom is 0.212 e. The zero-order valence-electron chi connectivity index (χ0n) is 20.3. The fourth-order valence-corrected chi connectivity index (χ4v) is 8.30. The Morgan fingerprint density at radius 2 is 1.84 bits per heavy atom. The number of sulfone groups is 1. The smallest absolute Gasteiger partial charge is 0.212 e. The Balaban J connectivity index is 1.51. The van der Waals surface area contributed by atoms with Gasteiger partial charge >= 0.3 is 0 Å². The number of fused-ring (bicyclic) bond motifs is 2. The van der Waals surface area contributed by atoms with Crippen molar-refractivity contribution in [3.05, 3.63) is 90.6 Å². The van der Waals surface area contributed by atoms with E-state index in [4.69, 9.17) is 10.1 Å². The summed E-state index contributed by atoms with van der Waals surface area (Å²) in [5, 5.41) is 4.69. The summed E-state index contributed by atoms with van der Waals surface area (Å²) in [7, 11) is -7.86. The average Bonchev–Trinajstić information content (AvgIpc) is 3.52. The minimum Gasteiger partial charge on any atom is -0.344 e. The van der Waals surface area contributed by atoms with Gasteiger partial charge in [0, 0.05) is 49.1 Å². The van der Waals surface area contributed by atoms with E-state index < -0.39 is 22.7 Å². The van der Waals surface area contributed by atoms with Crippen LogP contribution in [0.4, 0.5) is 5.82 Å². The Hall–Kier alpha value is -3.92. The maximum atomic E-state index is 12.8. The van der Waals surface area contributed by atoms with Crippen LogP contribution in [-0.2, 0) is 27.5 Å². The molecular formula is C26H23N6O4PS. The van der Waals surface area contributed by atoms with Crippen molar-refractivity contribution in [2.24, 2.45) is 0 Å². The molecule has 6 rings (SSSR count). The number of rotatable bonds is 6. The van der Waals surface area contributed by atoms with Crippen LogP contribution in [0.25, 0.3) is 28.0 Å². The van der Waals surface area contributed by atoms with Crippen molar-refractivity contribution in [3.8, 4) is 22.5 Å².